The molecule has 2 aromatic carbocycles. The summed E-state index contributed by atoms with van der Waals surface area (Å²) in [5.41, 5.74) is 2.87. The standard InChI is InChI=1S/C24H34N2/c1-3-7-21(8-4-1)15-17-25-19-23-11-13-24(14-12-23)20-26-18-16-22-9-5-2-6-10-22/h1-10,23-26H,11-20H2. The summed E-state index contributed by atoms with van der Waals surface area (Å²) in [7, 11) is 0. The Morgan fingerprint density at radius 2 is 0.962 bits per heavy atom. The SMILES string of the molecule is c1ccc(CCNCC2CCC(CNCCc3ccccc3)CC2)cc1. The van der Waals surface area contributed by atoms with E-state index in [1.165, 1.54) is 49.9 Å². The molecular weight excluding hydrogens is 316 g/mol. The van der Waals surface area contributed by atoms with Gasteiger partial charge >= 0.3 is 0 Å². The molecule has 0 heterocycles. The van der Waals surface area contributed by atoms with Crippen molar-refractivity contribution in [2.24, 2.45) is 11.8 Å². The Kier molecular flexibility index (Phi) is 8.21. The van der Waals surface area contributed by atoms with E-state index < -0.39 is 0 Å². The zero-order valence-corrected chi connectivity index (χ0v) is 16.0. The second-order valence-corrected chi connectivity index (χ2v) is 7.77. The second kappa shape index (κ2) is 11.2. The van der Waals surface area contributed by atoms with Crippen molar-refractivity contribution in [3.8, 4) is 0 Å². The van der Waals surface area contributed by atoms with Gasteiger partial charge in [-0.05, 0) is 87.7 Å². The van der Waals surface area contributed by atoms with Crippen molar-refractivity contribution in [3.05, 3.63) is 71.8 Å². The summed E-state index contributed by atoms with van der Waals surface area (Å²) < 4.78 is 0. The molecule has 1 aliphatic carbocycles. The zero-order valence-electron chi connectivity index (χ0n) is 16.0. The lowest BCUT2D eigenvalue weighted by molar-refractivity contribution is 0.262. The average Bonchev–Trinajstić information content (AvgIpc) is 2.71. The highest BCUT2D eigenvalue weighted by Crippen LogP contribution is 2.27. The third kappa shape index (κ3) is 6.93. The molecule has 0 spiro atoms. The van der Waals surface area contributed by atoms with Crippen LogP contribution in [0, 0.1) is 11.8 Å². The van der Waals surface area contributed by atoms with Crippen molar-refractivity contribution >= 4 is 0 Å². The first-order chi connectivity index (χ1) is 12.9. The Morgan fingerprint density at radius 3 is 1.35 bits per heavy atom. The van der Waals surface area contributed by atoms with Crippen LogP contribution in [0.2, 0.25) is 0 Å². The molecule has 2 nitrogen and oxygen atoms in total. The van der Waals surface area contributed by atoms with Crippen LogP contribution in [0.15, 0.2) is 60.7 Å². The van der Waals surface area contributed by atoms with Gasteiger partial charge in [0.15, 0.2) is 0 Å². The monoisotopic (exact) mass is 350 g/mol. The molecular formula is C24H34N2. The van der Waals surface area contributed by atoms with Gasteiger partial charge in [-0.1, -0.05) is 60.7 Å². The van der Waals surface area contributed by atoms with Crippen LogP contribution in [0.5, 0.6) is 0 Å². The van der Waals surface area contributed by atoms with Crippen LogP contribution in [0.4, 0.5) is 0 Å². The van der Waals surface area contributed by atoms with Gasteiger partial charge in [0.05, 0.1) is 0 Å². The van der Waals surface area contributed by atoms with E-state index >= 15 is 0 Å². The van der Waals surface area contributed by atoms with Gasteiger partial charge in [0.1, 0.15) is 0 Å². The topological polar surface area (TPSA) is 24.1 Å². The lowest BCUT2D eigenvalue weighted by atomic mass is 9.82. The van der Waals surface area contributed by atoms with Crippen molar-refractivity contribution in [1.29, 1.82) is 0 Å². The van der Waals surface area contributed by atoms with Crippen molar-refractivity contribution in [3.63, 3.8) is 0 Å². The van der Waals surface area contributed by atoms with E-state index in [0.717, 1.165) is 37.8 Å². The summed E-state index contributed by atoms with van der Waals surface area (Å²) in [5.74, 6) is 1.76. The van der Waals surface area contributed by atoms with Crippen molar-refractivity contribution in [2.75, 3.05) is 26.2 Å². The second-order valence-electron chi connectivity index (χ2n) is 7.77. The van der Waals surface area contributed by atoms with Crippen LogP contribution in [0.25, 0.3) is 0 Å². The quantitative estimate of drug-likeness (QED) is 0.618. The molecule has 140 valence electrons. The molecule has 0 aromatic heterocycles. The fourth-order valence-corrected chi connectivity index (χ4v) is 4.01. The van der Waals surface area contributed by atoms with Crippen LogP contribution in [0.3, 0.4) is 0 Å². The maximum Gasteiger partial charge on any atom is -0.000824 e. The molecule has 0 aliphatic heterocycles. The Bertz CT molecular complexity index is 533. The predicted octanol–water partition coefficient (Wildman–Crippen LogP) is 4.46. The minimum atomic E-state index is 0.881. The van der Waals surface area contributed by atoms with Crippen LogP contribution in [-0.2, 0) is 12.8 Å². The molecule has 0 unspecified atom stereocenters. The van der Waals surface area contributed by atoms with Crippen molar-refractivity contribution in [1.82, 2.24) is 10.6 Å². The van der Waals surface area contributed by atoms with Gasteiger partial charge in [0.25, 0.3) is 0 Å². The molecule has 1 saturated carbocycles. The minimum absolute atomic E-state index is 0.881. The van der Waals surface area contributed by atoms with Crippen molar-refractivity contribution < 1.29 is 0 Å². The summed E-state index contributed by atoms with van der Waals surface area (Å²) in [6, 6.07) is 21.6. The molecule has 2 aromatic rings. The minimum Gasteiger partial charge on any atom is -0.316 e. The smallest absolute Gasteiger partial charge is 0.000824 e. The first-order valence-corrected chi connectivity index (χ1v) is 10.4. The number of hydrogen-bond acceptors (Lipinski definition) is 2. The fraction of sp³-hybridized carbons (Fsp3) is 0.500. The van der Waals surface area contributed by atoms with Gasteiger partial charge in [0, 0.05) is 0 Å². The molecule has 2 N–H and O–H groups in total. The Hall–Kier alpha value is -1.64. The third-order valence-corrected chi connectivity index (χ3v) is 5.70. The Balaban J connectivity index is 1.20. The van der Waals surface area contributed by atoms with E-state index in [0.29, 0.717) is 0 Å². The maximum atomic E-state index is 3.67. The van der Waals surface area contributed by atoms with Gasteiger partial charge in [-0.15, -0.1) is 0 Å². The summed E-state index contributed by atoms with van der Waals surface area (Å²) in [6.45, 7) is 4.60. The molecule has 0 bridgehead atoms. The third-order valence-electron chi connectivity index (χ3n) is 5.70. The maximum absolute atomic E-state index is 3.67. The summed E-state index contributed by atoms with van der Waals surface area (Å²) in [6.07, 6.45) is 7.85. The number of hydrogen-bond donors (Lipinski definition) is 2. The highest BCUT2D eigenvalue weighted by Gasteiger charge is 2.20. The van der Waals surface area contributed by atoms with E-state index in [1.807, 2.05) is 0 Å². The lowest BCUT2D eigenvalue weighted by Crippen LogP contribution is -2.31. The van der Waals surface area contributed by atoms with Gasteiger partial charge < -0.3 is 10.6 Å². The normalized spacial score (nSPS) is 20.2. The molecule has 1 aliphatic rings. The highest BCUT2D eigenvalue weighted by molar-refractivity contribution is 5.15. The molecule has 2 heteroatoms. The molecule has 0 radical (unpaired) electrons. The Morgan fingerprint density at radius 1 is 0.577 bits per heavy atom. The first kappa shape index (κ1) is 19.1. The molecule has 3 rings (SSSR count). The van der Waals surface area contributed by atoms with Gasteiger partial charge in [-0.25, -0.2) is 0 Å². The van der Waals surface area contributed by atoms with E-state index in [9.17, 15) is 0 Å². The molecule has 0 atom stereocenters. The van der Waals surface area contributed by atoms with E-state index in [-0.39, 0.29) is 0 Å². The number of benzene rings is 2. The van der Waals surface area contributed by atoms with E-state index in [4.69, 9.17) is 0 Å². The number of nitrogens with one attached hydrogen (secondary N) is 2. The largest absolute Gasteiger partial charge is 0.316 e. The summed E-state index contributed by atoms with van der Waals surface area (Å²) >= 11 is 0. The molecule has 0 amide bonds. The predicted molar refractivity (Wildman–Crippen MR) is 111 cm³/mol. The lowest BCUT2D eigenvalue weighted by Gasteiger charge is -2.29. The van der Waals surface area contributed by atoms with Crippen LogP contribution >= 0.6 is 0 Å². The highest BCUT2D eigenvalue weighted by atomic mass is 14.9. The molecule has 26 heavy (non-hydrogen) atoms. The van der Waals surface area contributed by atoms with Crippen LogP contribution < -0.4 is 10.6 Å². The van der Waals surface area contributed by atoms with Gasteiger partial charge in [-0.2, -0.15) is 0 Å². The summed E-state index contributed by atoms with van der Waals surface area (Å²) in [4.78, 5) is 0. The zero-order chi connectivity index (χ0) is 17.9. The van der Waals surface area contributed by atoms with Gasteiger partial charge in [-0.3, -0.25) is 0 Å². The fourth-order valence-electron chi connectivity index (χ4n) is 4.01. The average molecular weight is 351 g/mol. The van der Waals surface area contributed by atoms with E-state index in [2.05, 4.69) is 71.3 Å². The number of rotatable bonds is 10. The summed E-state index contributed by atoms with van der Waals surface area (Å²) in [5, 5.41) is 7.35. The molecule has 1 fully saturated rings. The van der Waals surface area contributed by atoms with Crippen LogP contribution in [-0.4, -0.2) is 26.2 Å². The first-order valence-electron chi connectivity index (χ1n) is 10.4. The Labute approximate surface area is 159 Å². The van der Waals surface area contributed by atoms with E-state index in [1.54, 1.807) is 0 Å². The molecule has 0 saturated heterocycles. The van der Waals surface area contributed by atoms with Gasteiger partial charge in [0.2, 0.25) is 0 Å². The van der Waals surface area contributed by atoms with Crippen molar-refractivity contribution in [2.45, 2.75) is 38.5 Å². The van der Waals surface area contributed by atoms with Crippen LogP contribution in [0.1, 0.15) is 36.8 Å².